The van der Waals surface area contributed by atoms with Gasteiger partial charge in [0.25, 0.3) is 0 Å². The molecule has 0 aromatic heterocycles. The summed E-state index contributed by atoms with van der Waals surface area (Å²) in [5.74, 6) is 1.17. The van der Waals surface area contributed by atoms with Crippen LogP contribution in [-0.4, -0.2) is 19.5 Å². The van der Waals surface area contributed by atoms with Gasteiger partial charge in [0, 0.05) is 3.57 Å². The minimum absolute atomic E-state index is 0.485. The Hall–Kier alpha value is -0.780. The van der Waals surface area contributed by atoms with Crippen LogP contribution in [0.15, 0.2) is 12.1 Å². The number of halogens is 1. The predicted octanol–water partition coefficient (Wildman–Crippen LogP) is 2.90. The molecule has 0 fully saturated rings. The molecule has 0 amide bonds. The fourth-order valence-electron chi connectivity index (χ4n) is 1.24. The van der Waals surface area contributed by atoms with Gasteiger partial charge in [0.05, 0.1) is 18.8 Å². The third-order valence-corrected chi connectivity index (χ3v) is 2.41. The summed E-state index contributed by atoms with van der Waals surface area (Å²) >= 11 is 2.17. The number of hydrogen-bond donors (Lipinski definition) is 0. The maximum Gasteiger partial charge on any atom is 0.157 e. The first-order chi connectivity index (χ1) is 7.22. The van der Waals surface area contributed by atoms with Crippen molar-refractivity contribution in [1.82, 2.24) is 0 Å². The van der Waals surface area contributed by atoms with E-state index in [1.54, 1.807) is 0 Å². The summed E-state index contributed by atoms with van der Waals surface area (Å²) in [4.78, 5) is 10.9. The first-order valence-corrected chi connectivity index (χ1v) is 5.85. The summed E-state index contributed by atoms with van der Waals surface area (Å²) in [6.07, 6.45) is 0.770. The smallest absolute Gasteiger partial charge is 0.157 e. The average molecular weight is 320 g/mol. The van der Waals surface area contributed by atoms with Crippen molar-refractivity contribution in [3.05, 3.63) is 21.3 Å². The Morgan fingerprint density at radius 3 is 2.00 bits per heavy atom. The van der Waals surface area contributed by atoms with Crippen LogP contribution >= 0.6 is 22.6 Å². The zero-order chi connectivity index (χ0) is 11.3. The van der Waals surface area contributed by atoms with Crippen LogP contribution in [0.25, 0.3) is 0 Å². The van der Waals surface area contributed by atoms with Gasteiger partial charge >= 0.3 is 0 Å². The van der Waals surface area contributed by atoms with Crippen molar-refractivity contribution < 1.29 is 14.3 Å². The molecule has 0 bridgehead atoms. The van der Waals surface area contributed by atoms with Crippen molar-refractivity contribution in [3.8, 4) is 11.5 Å². The molecule has 0 aliphatic heterocycles. The Morgan fingerprint density at radius 2 is 1.67 bits per heavy atom. The largest absolute Gasteiger partial charge is 0.493 e. The van der Waals surface area contributed by atoms with Gasteiger partial charge in [-0.15, -0.1) is 0 Å². The minimum Gasteiger partial charge on any atom is -0.493 e. The second-order valence-electron chi connectivity index (χ2n) is 2.80. The third-order valence-electron chi connectivity index (χ3n) is 1.79. The zero-order valence-corrected chi connectivity index (χ0v) is 10.9. The topological polar surface area (TPSA) is 35.5 Å². The Labute approximate surface area is 103 Å². The summed E-state index contributed by atoms with van der Waals surface area (Å²) < 4.78 is 11.8. The minimum atomic E-state index is 0.485. The fourth-order valence-corrected chi connectivity index (χ4v) is 1.80. The number of rotatable bonds is 5. The number of carbonyl (C=O) groups excluding carboxylic acids is 1. The molecule has 1 aromatic carbocycles. The lowest BCUT2D eigenvalue weighted by atomic mass is 10.2. The average Bonchev–Trinajstić information content (AvgIpc) is 2.18. The van der Waals surface area contributed by atoms with Crippen molar-refractivity contribution in [2.24, 2.45) is 0 Å². The van der Waals surface area contributed by atoms with Crippen molar-refractivity contribution in [1.29, 1.82) is 0 Å². The molecule has 15 heavy (non-hydrogen) atoms. The van der Waals surface area contributed by atoms with Crippen LogP contribution in [0.3, 0.4) is 0 Å². The maximum atomic E-state index is 10.9. The summed E-state index contributed by atoms with van der Waals surface area (Å²) in [7, 11) is 0. The second-order valence-corrected chi connectivity index (χ2v) is 4.05. The lowest BCUT2D eigenvalue weighted by Gasteiger charge is -2.11. The molecule has 0 radical (unpaired) electrons. The molecule has 0 aliphatic carbocycles. The van der Waals surface area contributed by atoms with Crippen molar-refractivity contribution in [2.75, 3.05) is 13.2 Å². The summed E-state index contributed by atoms with van der Waals surface area (Å²) in [5, 5.41) is 0. The molecular weight excluding hydrogens is 307 g/mol. The van der Waals surface area contributed by atoms with E-state index >= 15 is 0 Å². The van der Waals surface area contributed by atoms with Crippen molar-refractivity contribution in [2.45, 2.75) is 13.8 Å². The van der Waals surface area contributed by atoms with E-state index in [9.17, 15) is 4.79 Å². The quantitative estimate of drug-likeness (QED) is 0.618. The molecule has 0 saturated carbocycles. The number of carbonyl (C=O) groups is 1. The number of ether oxygens (including phenoxy) is 2. The van der Waals surface area contributed by atoms with E-state index in [0.717, 1.165) is 9.86 Å². The van der Waals surface area contributed by atoms with Gasteiger partial charge in [-0.25, -0.2) is 0 Å². The van der Waals surface area contributed by atoms with Gasteiger partial charge in [-0.2, -0.15) is 0 Å². The molecular formula is C11H13IO3. The van der Waals surface area contributed by atoms with Crippen LogP contribution in [-0.2, 0) is 0 Å². The van der Waals surface area contributed by atoms with E-state index in [1.807, 2.05) is 26.0 Å². The number of benzene rings is 1. The van der Waals surface area contributed by atoms with Gasteiger partial charge in [-0.3, -0.25) is 4.79 Å². The number of aldehydes is 1. The molecule has 0 N–H and O–H groups in total. The Bertz CT molecular complexity index is 323. The summed E-state index contributed by atoms with van der Waals surface area (Å²) in [6, 6.07) is 3.66. The molecule has 0 atom stereocenters. The van der Waals surface area contributed by atoms with Gasteiger partial charge in [0.1, 0.15) is 11.5 Å². The SMILES string of the molecule is CCOc1cc(I)cc(OCC)c1C=O. The van der Waals surface area contributed by atoms with Gasteiger partial charge in [0.15, 0.2) is 6.29 Å². The highest BCUT2D eigenvalue weighted by Gasteiger charge is 2.11. The standard InChI is InChI=1S/C11H13IO3/c1-3-14-10-5-8(12)6-11(15-4-2)9(10)7-13/h5-7H,3-4H2,1-2H3. The summed E-state index contributed by atoms with van der Waals surface area (Å²) in [5.41, 5.74) is 0.485. The van der Waals surface area contributed by atoms with E-state index in [0.29, 0.717) is 30.3 Å². The van der Waals surface area contributed by atoms with Crippen LogP contribution < -0.4 is 9.47 Å². The molecule has 3 nitrogen and oxygen atoms in total. The fraction of sp³-hybridized carbons (Fsp3) is 0.364. The zero-order valence-electron chi connectivity index (χ0n) is 8.75. The first kappa shape index (κ1) is 12.3. The van der Waals surface area contributed by atoms with E-state index in [1.165, 1.54) is 0 Å². The molecule has 4 heteroatoms. The van der Waals surface area contributed by atoms with Crippen molar-refractivity contribution >= 4 is 28.9 Å². The third kappa shape index (κ3) is 3.09. The van der Waals surface area contributed by atoms with Crippen LogP contribution in [0.4, 0.5) is 0 Å². The second kappa shape index (κ2) is 5.95. The highest BCUT2D eigenvalue weighted by atomic mass is 127. The van der Waals surface area contributed by atoms with Crippen molar-refractivity contribution in [3.63, 3.8) is 0 Å². The summed E-state index contributed by atoms with van der Waals surface area (Å²) in [6.45, 7) is 4.84. The van der Waals surface area contributed by atoms with Gasteiger partial charge in [0.2, 0.25) is 0 Å². The first-order valence-electron chi connectivity index (χ1n) is 4.77. The van der Waals surface area contributed by atoms with Crippen LogP contribution in [0, 0.1) is 3.57 Å². The molecule has 0 heterocycles. The van der Waals surface area contributed by atoms with Gasteiger partial charge in [-0.1, -0.05) is 0 Å². The molecule has 0 spiro atoms. The molecule has 1 rings (SSSR count). The normalized spacial score (nSPS) is 9.80. The van der Waals surface area contributed by atoms with Crippen LogP contribution in [0.2, 0.25) is 0 Å². The van der Waals surface area contributed by atoms with E-state index < -0.39 is 0 Å². The van der Waals surface area contributed by atoms with Crippen LogP contribution in [0.1, 0.15) is 24.2 Å². The molecule has 82 valence electrons. The van der Waals surface area contributed by atoms with E-state index in [4.69, 9.17) is 9.47 Å². The number of hydrogen-bond acceptors (Lipinski definition) is 3. The molecule has 0 unspecified atom stereocenters. The highest BCUT2D eigenvalue weighted by molar-refractivity contribution is 14.1. The lowest BCUT2D eigenvalue weighted by Crippen LogP contribution is -2.01. The van der Waals surface area contributed by atoms with Gasteiger partial charge < -0.3 is 9.47 Å². The molecule has 1 aromatic rings. The Morgan fingerprint density at radius 1 is 1.20 bits per heavy atom. The van der Waals surface area contributed by atoms with E-state index in [-0.39, 0.29) is 0 Å². The Kier molecular flexibility index (Phi) is 4.87. The monoisotopic (exact) mass is 320 g/mol. The Balaban J connectivity index is 3.18. The molecule has 0 aliphatic rings. The predicted molar refractivity (Wildman–Crippen MR) is 66.9 cm³/mol. The lowest BCUT2D eigenvalue weighted by molar-refractivity contribution is 0.111. The van der Waals surface area contributed by atoms with Crippen LogP contribution in [0.5, 0.6) is 11.5 Å². The highest BCUT2D eigenvalue weighted by Crippen LogP contribution is 2.30. The molecule has 0 saturated heterocycles. The van der Waals surface area contributed by atoms with E-state index in [2.05, 4.69) is 22.6 Å². The maximum absolute atomic E-state index is 10.9. The van der Waals surface area contributed by atoms with Gasteiger partial charge in [-0.05, 0) is 48.6 Å².